The van der Waals surface area contributed by atoms with Crippen LogP contribution in [-0.4, -0.2) is 67.3 Å². The molecule has 1 aliphatic carbocycles. The van der Waals surface area contributed by atoms with Crippen molar-refractivity contribution < 1.29 is 24.5 Å². The molecule has 1 spiro atoms. The van der Waals surface area contributed by atoms with E-state index in [1.54, 1.807) is 0 Å². The van der Waals surface area contributed by atoms with Gasteiger partial charge >= 0.3 is 6.09 Å². The van der Waals surface area contributed by atoms with Crippen molar-refractivity contribution in [1.29, 1.82) is 0 Å². The van der Waals surface area contributed by atoms with E-state index in [0.29, 0.717) is 19.7 Å². The Bertz CT molecular complexity index is 1050. The number of nitrogens with one attached hydrogen (secondary N) is 1. The zero-order valence-corrected chi connectivity index (χ0v) is 25.2. The lowest BCUT2D eigenvalue weighted by molar-refractivity contribution is -0.0171. The molecule has 0 atom stereocenters. The summed E-state index contributed by atoms with van der Waals surface area (Å²) in [7, 11) is 2.00. The number of ether oxygens (including phenoxy) is 2. The van der Waals surface area contributed by atoms with Crippen molar-refractivity contribution in [1.82, 2.24) is 4.90 Å². The Morgan fingerprint density at radius 2 is 1.60 bits per heavy atom. The van der Waals surface area contributed by atoms with Gasteiger partial charge in [0.05, 0.1) is 6.61 Å². The number of likely N-dealkylation sites (tertiary alicyclic amines) is 1. The number of aliphatic hydroxyl groups excluding tert-OH is 2. The van der Waals surface area contributed by atoms with Crippen LogP contribution in [0.1, 0.15) is 71.3 Å². The van der Waals surface area contributed by atoms with Gasteiger partial charge in [-0.25, -0.2) is 4.79 Å². The molecule has 2 fully saturated rings. The third-order valence-corrected chi connectivity index (χ3v) is 8.09. The number of benzene rings is 2. The molecule has 0 unspecified atom stereocenters. The van der Waals surface area contributed by atoms with Crippen LogP contribution in [0.5, 0.6) is 5.75 Å². The Morgan fingerprint density at radius 1 is 0.975 bits per heavy atom. The molecule has 1 amide bonds. The summed E-state index contributed by atoms with van der Waals surface area (Å²) in [5, 5.41) is 17.6. The van der Waals surface area contributed by atoms with E-state index < -0.39 is 0 Å². The number of carbonyl (C=O) groups is 1. The van der Waals surface area contributed by atoms with Gasteiger partial charge in [0.1, 0.15) is 11.4 Å². The van der Waals surface area contributed by atoms with E-state index in [2.05, 4.69) is 68.6 Å². The van der Waals surface area contributed by atoms with Gasteiger partial charge in [0.25, 0.3) is 0 Å². The molecule has 0 radical (unpaired) electrons. The van der Waals surface area contributed by atoms with Crippen LogP contribution in [0.3, 0.4) is 0 Å². The van der Waals surface area contributed by atoms with E-state index in [1.807, 2.05) is 4.90 Å². The van der Waals surface area contributed by atoms with Gasteiger partial charge in [-0.1, -0.05) is 51.8 Å². The Morgan fingerprint density at radius 3 is 2.23 bits per heavy atom. The van der Waals surface area contributed by atoms with Crippen LogP contribution >= 0.6 is 0 Å². The number of carbonyl (C=O) groups excluding carboxylic acids is 1. The molecule has 2 aromatic carbocycles. The normalized spacial score (nSPS) is 17.9. The topological polar surface area (TPSA) is 91.3 Å². The average Bonchev–Trinajstić information content (AvgIpc) is 3.51. The highest BCUT2D eigenvalue weighted by molar-refractivity contribution is 5.69. The van der Waals surface area contributed by atoms with Crippen LogP contribution in [0.4, 0.5) is 10.5 Å². The molecule has 0 aromatic heterocycles. The SMILES string of the molecule is CC(C)(C)COC(=O)N1CCC2(CCc3cc(-c4ccc(NCC5CCCC5)cc4)ccc3O2)CC1.CO.CO. The fourth-order valence-corrected chi connectivity index (χ4v) is 5.78. The highest BCUT2D eigenvalue weighted by atomic mass is 16.6. The summed E-state index contributed by atoms with van der Waals surface area (Å²) < 4.78 is 12.1. The second-order valence-electron chi connectivity index (χ2n) is 12.3. The smallest absolute Gasteiger partial charge is 0.409 e. The Balaban J connectivity index is 0.00000106. The largest absolute Gasteiger partial charge is 0.487 e. The number of amides is 1. The Labute approximate surface area is 240 Å². The van der Waals surface area contributed by atoms with Gasteiger partial charge in [0, 0.05) is 52.4 Å². The van der Waals surface area contributed by atoms with E-state index in [4.69, 9.17) is 19.7 Å². The quantitative estimate of drug-likeness (QED) is 0.390. The van der Waals surface area contributed by atoms with Crippen LogP contribution in [0.25, 0.3) is 11.1 Å². The van der Waals surface area contributed by atoms with Crippen LogP contribution < -0.4 is 10.1 Å². The van der Waals surface area contributed by atoms with Gasteiger partial charge in [-0.3, -0.25) is 0 Å². The maximum Gasteiger partial charge on any atom is 0.409 e. The summed E-state index contributed by atoms with van der Waals surface area (Å²) >= 11 is 0. The third kappa shape index (κ3) is 8.61. The first-order valence-corrected chi connectivity index (χ1v) is 14.8. The molecule has 222 valence electrons. The molecular formula is C33H50N2O5. The van der Waals surface area contributed by atoms with E-state index >= 15 is 0 Å². The van der Waals surface area contributed by atoms with E-state index in [-0.39, 0.29) is 17.1 Å². The predicted octanol–water partition coefficient (Wildman–Crippen LogP) is 6.52. The number of fused-ring (bicyclic) bond motifs is 1. The molecule has 0 bridgehead atoms. The van der Waals surface area contributed by atoms with E-state index in [9.17, 15) is 4.79 Å². The molecule has 2 heterocycles. The van der Waals surface area contributed by atoms with Gasteiger partial charge in [-0.05, 0) is 78.0 Å². The molecule has 3 aliphatic rings. The standard InChI is InChI=1S/C31H42N2O3.2CH4O/c1-30(2,3)22-35-29(34)33-18-16-31(17-19-33)15-14-26-20-25(10-13-28(26)36-31)24-8-11-27(12-9-24)32-21-23-6-4-5-7-23;2*1-2/h8-13,20,23,32H,4-7,14-19,21-22H2,1-3H3;2*2H,1H3. The molecule has 1 saturated heterocycles. The number of nitrogens with zero attached hydrogens (tertiary/aromatic N) is 1. The maximum atomic E-state index is 12.5. The first kappa shape index (κ1) is 31.8. The summed E-state index contributed by atoms with van der Waals surface area (Å²) in [5.74, 6) is 1.84. The van der Waals surface area contributed by atoms with Crippen molar-refractivity contribution in [3.8, 4) is 16.9 Å². The Hall–Kier alpha value is -2.77. The summed E-state index contributed by atoms with van der Waals surface area (Å²) in [6, 6.07) is 15.5. The molecule has 7 nitrogen and oxygen atoms in total. The predicted molar refractivity (Wildman–Crippen MR) is 162 cm³/mol. The number of hydrogen-bond acceptors (Lipinski definition) is 6. The van der Waals surface area contributed by atoms with E-state index in [0.717, 1.165) is 58.1 Å². The first-order valence-electron chi connectivity index (χ1n) is 14.8. The molecule has 5 rings (SSSR count). The zero-order valence-electron chi connectivity index (χ0n) is 25.2. The Kier molecular flexibility index (Phi) is 11.7. The second-order valence-corrected chi connectivity index (χ2v) is 12.3. The van der Waals surface area contributed by atoms with E-state index in [1.165, 1.54) is 48.1 Å². The molecule has 1 saturated carbocycles. The molecule has 3 N–H and O–H groups in total. The van der Waals surface area contributed by atoms with Crippen LogP contribution in [-0.2, 0) is 11.2 Å². The van der Waals surface area contributed by atoms with Gasteiger partial charge in [0.2, 0.25) is 0 Å². The third-order valence-electron chi connectivity index (χ3n) is 8.09. The number of aliphatic hydroxyl groups is 2. The highest BCUT2D eigenvalue weighted by Crippen LogP contribution is 2.41. The minimum Gasteiger partial charge on any atom is -0.487 e. The number of piperidine rings is 1. The van der Waals surface area contributed by atoms with Crippen LogP contribution in [0.15, 0.2) is 42.5 Å². The monoisotopic (exact) mass is 554 g/mol. The lowest BCUT2D eigenvalue weighted by atomic mass is 9.82. The molecule has 2 aliphatic heterocycles. The van der Waals surface area contributed by atoms with Gasteiger partial charge in [0.15, 0.2) is 0 Å². The molecule has 2 aromatic rings. The summed E-state index contributed by atoms with van der Waals surface area (Å²) in [6.07, 6.45) is 9.04. The van der Waals surface area contributed by atoms with Crippen molar-refractivity contribution in [3.63, 3.8) is 0 Å². The number of anilines is 1. The number of aryl methyl sites for hydroxylation is 1. The van der Waals surface area contributed by atoms with Crippen molar-refractivity contribution in [2.75, 3.05) is 45.8 Å². The lowest BCUT2D eigenvalue weighted by Crippen LogP contribution is -2.51. The molecule has 40 heavy (non-hydrogen) atoms. The van der Waals surface area contributed by atoms with Crippen molar-refractivity contribution >= 4 is 11.8 Å². The minimum absolute atomic E-state index is 0.0182. The first-order chi connectivity index (χ1) is 19.3. The van der Waals surface area contributed by atoms with Gasteiger partial charge < -0.3 is 29.9 Å². The fraction of sp³-hybridized carbons (Fsp3) is 0.606. The fourth-order valence-electron chi connectivity index (χ4n) is 5.78. The summed E-state index contributed by atoms with van der Waals surface area (Å²) in [4.78, 5) is 14.3. The second kappa shape index (κ2) is 14.7. The molecular weight excluding hydrogens is 504 g/mol. The highest BCUT2D eigenvalue weighted by Gasteiger charge is 2.41. The van der Waals surface area contributed by atoms with Crippen LogP contribution in [0.2, 0.25) is 0 Å². The minimum atomic E-state index is -0.194. The molecule has 7 heteroatoms. The van der Waals surface area contributed by atoms with Gasteiger partial charge in [-0.15, -0.1) is 0 Å². The lowest BCUT2D eigenvalue weighted by Gasteiger charge is -2.44. The van der Waals surface area contributed by atoms with Crippen LogP contribution in [0, 0.1) is 11.3 Å². The number of rotatable bonds is 5. The van der Waals surface area contributed by atoms with Crippen molar-refractivity contribution in [2.45, 2.75) is 77.7 Å². The average molecular weight is 555 g/mol. The number of hydrogen-bond donors (Lipinski definition) is 3. The van der Waals surface area contributed by atoms with Gasteiger partial charge in [-0.2, -0.15) is 0 Å². The zero-order chi connectivity index (χ0) is 29.2. The van der Waals surface area contributed by atoms with Crippen molar-refractivity contribution in [3.05, 3.63) is 48.0 Å². The maximum absolute atomic E-state index is 12.5. The summed E-state index contributed by atoms with van der Waals surface area (Å²) in [6.45, 7) is 9.15. The summed E-state index contributed by atoms with van der Waals surface area (Å²) in [5.41, 5.74) is 4.80. The van der Waals surface area contributed by atoms with Crippen molar-refractivity contribution in [2.24, 2.45) is 11.3 Å².